The first kappa shape index (κ1) is 11.9. The predicted octanol–water partition coefficient (Wildman–Crippen LogP) is 2.92. The molecule has 1 saturated heterocycles. The highest BCUT2D eigenvalue weighted by Crippen LogP contribution is 2.36. The van der Waals surface area contributed by atoms with E-state index in [1.54, 1.807) is 0 Å². The zero-order chi connectivity index (χ0) is 12.5. The lowest BCUT2D eigenvalue weighted by Gasteiger charge is -2.22. The molecule has 1 aliphatic rings. The molecular weight excluding hydrogens is 242 g/mol. The van der Waals surface area contributed by atoms with Crippen LogP contribution in [0.2, 0.25) is 0 Å². The average molecular weight is 261 g/mol. The fourth-order valence-electron chi connectivity index (χ4n) is 2.73. The van der Waals surface area contributed by atoms with Gasteiger partial charge in [-0.15, -0.1) is 11.3 Å². The second-order valence-corrected chi connectivity index (χ2v) is 5.94. The fourth-order valence-corrected chi connectivity index (χ4v) is 3.56. The van der Waals surface area contributed by atoms with Crippen LogP contribution in [-0.2, 0) is 7.05 Å². The molecule has 0 radical (unpaired) electrons. The molecule has 1 N–H and O–H groups in total. The number of nitrogens with zero attached hydrogens (tertiary/aromatic N) is 2. The van der Waals surface area contributed by atoms with Gasteiger partial charge in [-0.1, -0.05) is 6.07 Å². The smallest absolute Gasteiger partial charge is 0.0757 e. The summed E-state index contributed by atoms with van der Waals surface area (Å²) in [5, 5.41) is 10.4. The van der Waals surface area contributed by atoms with Crippen LogP contribution < -0.4 is 5.32 Å². The number of aryl methyl sites for hydroxylation is 1. The molecule has 2 aromatic rings. The summed E-state index contributed by atoms with van der Waals surface area (Å²) in [4.78, 5) is 1.35. The SMILES string of the molecule is Cc1c(-c2cccs2)c(C2CCCNC2)nn1C. The Morgan fingerprint density at radius 3 is 3.06 bits per heavy atom. The van der Waals surface area contributed by atoms with E-state index in [0.717, 1.165) is 13.1 Å². The van der Waals surface area contributed by atoms with Crippen molar-refractivity contribution in [3.8, 4) is 10.4 Å². The van der Waals surface area contributed by atoms with Gasteiger partial charge in [0, 0.05) is 35.6 Å². The van der Waals surface area contributed by atoms with Crippen molar-refractivity contribution in [2.24, 2.45) is 7.05 Å². The van der Waals surface area contributed by atoms with E-state index in [9.17, 15) is 0 Å². The Balaban J connectivity index is 2.06. The van der Waals surface area contributed by atoms with Crippen LogP contribution in [0.15, 0.2) is 17.5 Å². The van der Waals surface area contributed by atoms with Crippen molar-refractivity contribution in [1.82, 2.24) is 15.1 Å². The Morgan fingerprint density at radius 1 is 1.50 bits per heavy atom. The third-order valence-electron chi connectivity index (χ3n) is 3.81. The molecule has 1 fully saturated rings. The Morgan fingerprint density at radius 2 is 2.39 bits per heavy atom. The van der Waals surface area contributed by atoms with E-state index in [4.69, 9.17) is 5.10 Å². The Hall–Kier alpha value is -1.13. The van der Waals surface area contributed by atoms with E-state index in [1.165, 1.54) is 34.7 Å². The summed E-state index contributed by atoms with van der Waals surface area (Å²) < 4.78 is 2.03. The van der Waals surface area contributed by atoms with Crippen LogP contribution in [0.4, 0.5) is 0 Å². The normalized spacial score (nSPS) is 20.2. The molecule has 1 unspecified atom stereocenters. The van der Waals surface area contributed by atoms with Gasteiger partial charge in [-0.3, -0.25) is 4.68 Å². The molecule has 2 aromatic heterocycles. The summed E-state index contributed by atoms with van der Waals surface area (Å²) in [6.45, 7) is 4.38. The minimum absolute atomic E-state index is 0.566. The third-order valence-corrected chi connectivity index (χ3v) is 4.70. The maximum Gasteiger partial charge on any atom is 0.0757 e. The van der Waals surface area contributed by atoms with E-state index in [2.05, 4.69) is 29.8 Å². The molecule has 0 amide bonds. The van der Waals surface area contributed by atoms with Crippen molar-refractivity contribution in [3.05, 3.63) is 28.9 Å². The van der Waals surface area contributed by atoms with Crippen LogP contribution >= 0.6 is 11.3 Å². The highest BCUT2D eigenvalue weighted by molar-refractivity contribution is 7.13. The molecule has 96 valence electrons. The zero-order valence-electron chi connectivity index (χ0n) is 10.9. The molecule has 1 aliphatic heterocycles. The third kappa shape index (κ3) is 1.99. The maximum absolute atomic E-state index is 4.77. The summed E-state index contributed by atoms with van der Waals surface area (Å²) in [6, 6.07) is 4.32. The first-order valence-corrected chi connectivity index (χ1v) is 7.43. The van der Waals surface area contributed by atoms with Crippen molar-refractivity contribution in [3.63, 3.8) is 0 Å². The van der Waals surface area contributed by atoms with Gasteiger partial charge in [0.15, 0.2) is 0 Å². The van der Waals surface area contributed by atoms with E-state index >= 15 is 0 Å². The van der Waals surface area contributed by atoms with Crippen LogP contribution in [0, 0.1) is 6.92 Å². The molecule has 0 spiro atoms. The van der Waals surface area contributed by atoms with Crippen molar-refractivity contribution in [2.75, 3.05) is 13.1 Å². The van der Waals surface area contributed by atoms with Crippen molar-refractivity contribution in [1.29, 1.82) is 0 Å². The number of thiophene rings is 1. The van der Waals surface area contributed by atoms with Gasteiger partial charge in [-0.2, -0.15) is 5.10 Å². The van der Waals surface area contributed by atoms with Crippen molar-refractivity contribution in [2.45, 2.75) is 25.7 Å². The monoisotopic (exact) mass is 261 g/mol. The number of nitrogens with one attached hydrogen (secondary N) is 1. The van der Waals surface area contributed by atoms with Gasteiger partial charge in [-0.05, 0) is 37.8 Å². The molecular formula is C14H19N3S. The zero-order valence-corrected chi connectivity index (χ0v) is 11.8. The van der Waals surface area contributed by atoms with Gasteiger partial charge in [0.25, 0.3) is 0 Å². The van der Waals surface area contributed by atoms with Crippen LogP contribution in [0.3, 0.4) is 0 Å². The lowest BCUT2D eigenvalue weighted by atomic mass is 9.92. The minimum atomic E-state index is 0.566. The van der Waals surface area contributed by atoms with Gasteiger partial charge < -0.3 is 5.32 Å². The molecule has 0 bridgehead atoms. The molecule has 3 nitrogen and oxygen atoms in total. The number of hydrogen-bond donors (Lipinski definition) is 1. The summed E-state index contributed by atoms with van der Waals surface area (Å²) in [5.74, 6) is 0.566. The number of rotatable bonds is 2. The summed E-state index contributed by atoms with van der Waals surface area (Å²) >= 11 is 1.81. The van der Waals surface area contributed by atoms with Crippen molar-refractivity contribution >= 4 is 11.3 Å². The lowest BCUT2D eigenvalue weighted by Crippen LogP contribution is -2.28. The van der Waals surface area contributed by atoms with Crippen molar-refractivity contribution < 1.29 is 0 Å². The molecule has 0 saturated carbocycles. The highest BCUT2D eigenvalue weighted by atomic mass is 32.1. The largest absolute Gasteiger partial charge is 0.316 e. The lowest BCUT2D eigenvalue weighted by molar-refractivity contribution is 0.452. The number of aromatic nitrogens is 2. The first-order chi connectivity index (χ1) is 8.77. The standard InChI is InChI=1S/C14H19N3S/c1-10-13(12-6-4-8-18-12)14(16-17(10)2)11-5-3-7-15-9-11/h4,6,8,11,15H,3,5,7,9H2,1-2H3. The molecule has 18 heavy (non-hydrogen) atoms. The van der Waals surface area contributed by atoms with E-state index in [-0.39, 0.29) is 0 Å². The Kier molecular flexibility index (Phi) is 3.22. The van der Waals surface area contributed by atoms with Crippen LogP contribution in [0.5, 0.6) is 0 Å². The van der Waals surface area contributed by atoms with E-state index in [1.807, 2.05) is 23.1 Å². The fraction of sp³-hybridized carbons (Fsp3) is 0.500. The van der Waals surface area contributed by atoms with Crippen LogP contribution in [0.1, 0.15) is 30.1 Å². The van der Waals surface area contributed by atoms with Gasteiger partial charge in [0.1, 0.15) is 0 Å². The second kappa shape index (κ2) is 4.86. The topological polar surface area (TPSA) is 29.9 Å². The first-order valence-electron chi connectivity index (χ1n) is 6.55. The molecule has 1 atom stereocenters. The van der Waals surface area contributed by atoms with Crippen LogP contribution in [0.25, 0.3) is 10.4 Å². The summed E-state index contributed by atoms with van der Waals surface area (Å²) in [6.07, 6.45) is 2.51. The average Bonchev–Trinajstić information content (AvgIpc) is 3.00. The minimum Gasteiger partial charge on any atom is -0.316 e. The second-order valence-electron chi connectivity index (χ2n) is 4.99. The molecule has 4 heteroatoms. The molecule has 0 aliphatic carbocycles. The molecule has 3 rings (SSSR count). The van der Waals surface area contributed by atoms with Gasteiger partial charge >= 0.3 is 0 Å². The maximum atomic E-state index is 4.77. The van der Waals surface area contributed by atoms with Gasteiger partial charge in [0.2, 0.25) is 0 Å². The summed E-state index contributed by atoms with van der Waals surface area (Å²) in [7, 11) is 2.05. The van der Waals surface area contributed by atoms with Crippen LogP contribution in [-0.4, -0.2) is 22.9 Å². The van der Waals surface area contributed by atoms with E-state index in [0.29, 0.717) is 5.92 Å². The Labute approximate surface area is 112 Å². The molecule has 0 aromatic carbocycles. The Bertz CT molecular complexity index is 521. The predicted molar refractivity (Wildman–Crippen MR) is 76.1 cm³/mol. The van der Waals surface area contributed by atoms with Gasteiger partial charge in [0.05, 0.1) is 5.69 Å². The van der Waals surface area contributed by atoms with E-state index < -0.39 is 0 Å². The van der Waals surface area contributed by atoms with Gasteiger partial charge in [-0.25, -0.2) is 0 Å². The number of piperidine rings is 1. The highest BCUT2D eigenvalue weighted by Gasteiger charge is 2.24. The molecule has 3 heterocycles. The summed E-state index contributed by atoms with van der Waals surface area (Å²) in [5.41, 5.74) is 3.92. The quantitative estimate of drug-likeness (QED) is 0.901. The number of hydrogen-bond acceptors (Lipinski definition) is 3.